The highest BCUT2D eigenvalue weighted by molar-refractivity contribution is 5.77. The molecule has 0 radical (unpaired) electrons. The van der Waals surface area contributed by atoms with E-state index in [1.807, 2.05) is 13.8 Å². The first-order valence-electron chi connectivity index (χ1n) is 10.3. The second-order valence-electron chi connectivity index (χ2n) is 10.8. The SMILES string of the molecule is CC(C)(C)OC(=O)CCC(=O)OCCN1C(C)(C)CC(C(C)(C)O)CC1(C)C. The zero-order valence-corrected chi connectivity index (χ0v) is 19.3. The summed E-state index contributed by atoms with van der Waals surface area (Å²) in [6, 6.07) is 0. The molecule has 0 saturated carbocycles. The summed E-state index contributed by atoms with van der Waals surface area (Å²) in [4.78, 5) is 26.1. The topological polar surface area (TPSA) is 76.1 Å². The number of esters is 2. The van der Waals surface area contributed by atoms with Gasteiger partial charge in [-0.3, -0.25) is 14.5 Å². The van der Waals surface area contributed by atoms with Gasteiger partial charge in [-0.15, -0.1) is 0 Å². The molecule has 0 aromatic heterocycles. The summed E-state index contributed by atoms with van der Waals surface area (Å²) in [6.07, 6.45) is 1.82. The van der Waals surface area contributed by atoms with Gasteiger partial charge in [0, 0.05) is 17.6 Å². The van der Waals surface area contributed by atoms with Crippen LogP contribution in [0, 0.1) is 5.92 Å². The number of ether oxygens (including phenoxy) is 2. The van der Waals surface area contributed by atoms with E-state index in [2.05, 4.69) is 32.6 Å². The minimum Gasteiger partial charge on any atom is -0.464 e. The van der Waals surface area contributed by atoms with E-state index in [9.17, 15) is 14.7 Å². The molecule has 1 N–H and O–H groups in total. The van der Waals surface area contributed by atoms with E-state index in [1.165, 1.54) is 0 Å². The molecule has 164 valence electrons. The number of aliphatic hydroxyl groups is 1. The predicted octanol–water partition coefficient (Wildman–Crippen LogP) is 3.69. The highest BCUT2D eigenvalue weighted by Crippen LogP contribution is 2.44. The summed E-state index contributed by atoms with van der Waals surface area (Å²) < 4.78 is 10.6. The summed E-state index contributed by atoms with van der Waals surface area (Å²) >= 11 is 0. The number of hydrogen-bond donors (Lipinski definition) is 1. The third-order valence-electron chi connectivity index (χ3n) is 5.48. The molecule has 0 aromatic rings. The number of rotatable bonds is 7. The quantitative estimate of drug-likeness (QED) is 0.658. The lowest BCUT2D eigenvalue weighted by atomic mass is 9.68. The maximum absolute atomic E-state index is 12.0. The van der Waals surface area contributed by atoms with E-state index in [1.54, 1.807) is 20.8 Å². The van der Waals surface area contributed by atoms with Gasteiger partial charge >= 0.3 is 11.9 Å². The molecule has 1 rings (SSSR count). The van der Waals surface area contributed by atoms with Crippen molar-refractivity contribution in [3.8, 4) is 0 Å². The number of carbonyl (C=O) groups excluding carboxylic acids is 2. The van der Waals surface area contributed by atoms with Crippen molar-refractivity contribution < 1.29 is 24.2 Å². The average Bonchev–Trinajstić information content (AvgIpc) is 2.44. The van der Waals surface area contributed by atoms with Gasteiger partial charge in [0.25, 0.3) is 0 Å². The van der Waals surface area contributed by atoms with Crippen molar-refractivity contribution >= 4 is 11.9 Å². The fourth-order valence-electron chi connectivity index (χ4n) is 4.34. The number of carbonyl (C=O) groups is 2. The second-order valence-corrected chi connectivity index (χ2v) is 10.8. The lowest BCUT2D eigenvalue weighted by Crippen LogP contribution is -2.63. The van der Waals surface area contributed by atoms with Crippen LogP contribution in [-0.2, 0) is 19.1 Å². The van der Waals surface area contributed by atoms with E-state index >= 15 is 0 Å². The van der Waals surface area contributed by atoms with Crippen LogP contribution in [0.25, 0.3) is 0 Å². The molecule has 6 heteroatoms. The number of likely N-dealkylation sites (tertiary alicyclic amines) is 1. The Balaban J connectivity index is 2.53. The van der Waals surface area contributed by atoms with E-state index in [-0.39, 0.29) is 48.4 Å². The van der Waals surface area contributed by atoms with E-state index in [4.69, 9.17) is 9.47 Å². The molecular formula is C22H41NO5. The van der Waals surface area contributed by atoms with Gasteiger partial charge in [-0.25, -0.2) is 0 Å². The predicted molar refractivity (Wildman–Crippen MR) is 110 cm³/mol. The summed E-state index contributed by atoms with van der Waals surface area (Å²) in [5.74, 6) is -0.557. The minimum absolute atomic E-state index is 0.0302. The fraction of sp³-hybridized carbons (Fsp3) is 0.909. The van der Waals surface area contributed by atoms with Crippen molar-refractivity contribution in [2.75, 3.05) is 13.2 Å². The highest BCUT2D eigenvalue weighted by Gasteiger charge is 2.48. The van der Waals surface area contributed by atoms with Crippen molar-refractivity contribution in [3.63, 3.8) is 0 Å². The Morgan fingerprint density at radius 2 is 1.43 bits per heavy atom. The van der Waals surface area contributed by atoms with Crippen LogP contribution in [-0.4, -0.2) is 57.4 Å². The molecule has 0 aromatic carbocycles. The van der Waals surface area contributed by atoms with Crippen LogP contribution in [0.5, 0.6) is 0 Å². The Labute approximate surface area is 171 Å². The largest absolute Gasteiger partial charge is 0.464 e. The summed E-state index contributed by atoms with van der Waals surface area (Å²) in [5, 5.41) is 10.5. The summed E-state index contributed by atoms with van der Waals surface area (Å²) in [5.41, 5.74) is -1.49. The average molecular weight is 400 g/mol. The van der Waals surface area contributed by atoms with E-state index < -0.39 is 11.2 Å². The first kappa shape index (κ1) is 24.9. The molecule has 0 spiro atoms. The molecule has 1 aliphatic heterocycles. The Hall–Kier alpha value is -1.14. The minimum atomic E-state index is -0.714. The van der Waals surface area contributed by atoms with Crippen molar-refractivity contribution in [3.05, 3.63) is 0 Å². The van der Waals surface area contributed by atoms with Gasteiger partial charge in [0.2, 0.25) is 0 Å². The Bertz CT molecular complexity index is 536. The van der Waals surface area contributed by atoms with E-state index in [0.29, 0.717) is 6.54 Å². The normalized spacial score (nSPS) is 20.6. The fourth-order valence-corrected chi connectivity index (χ4v) is 4.34. The molecule has 0 amide bonds. The van der Waals surface area contributed by atoms with Gasteiger partial charge in [-0.2, -0.15) is 0 Å². The van der Waals surface area contributed by atoms with Crippen LogP contribution in [0.3, 0.4) is 0 Å². The molecule has 0 unspecified atom stereocenters. The van der Waals surface area contributed by atoms with Gasteiger partial charge in [0.05, 0.1) is 18.4 Å². The molecule has 6 nitrogen and oxygen atoms in total. The number of piperidine rings is 1. The Morgan fingerprint density at radius 1 is 0.964 bits per heavy atom. The zero-order valence-electron chi connectivity index (χ0n) is 19.3. The number of hydrogen-bond acceptors (Lipinski definition) is 6. The summed E-state index contributed by atoms with van der Waals surface area (Å²) in [7, 11) is 0. The first-order valence-corrected chi connectivity index (χ1v) is 10.3. The van der Waals surface area contributed by atoms with Gasteiger partial charge in [-0.05, 0) is 81.1 Å². The molecule has 1 aliphatic rings. The molecule has 1 heterocycles. The standard InChI is InChI=1S/C22H41NO5/c1-19(2,3)28-18(25)11-10-17(24)27-13-12-23-20(4,5)14-16(22(8,9)26)15-21(23,6)7/h16,26H,10-15H2,1-9H3. The van der Waals surface area contributed by atoms with Crippen molar-refractivity contribution in [1.82, 2.24) is 4.90 Å². The van der Waals surface area contributed by atoms with Crippen LogP contribution in [0.1, 0.15) is 88.0 Å². The van der Waals surface area contributed by atoms with Gasteiger partial charge in [-0.1, -0.05) is 0 Å². The van der Waals surface area contributed by atoms with Gasteiger partial charge in [0.15, 0.2) is 0 Å². The van der Waals surface area contributed by atoms with Crippen LogP contribution in [0.2, 0.25) is 0 Å². The lowest BCUT2D eigenvalue weighted by molar-refractivity contribution is -0.159. The molecule has 1 saturated heterocycles. The third-order valence-corrected chi connectivity index (χ3v) is 5.48. The zero-order chi connectivity index (χ0) is 22.0. The highest BCUT2D eigenvalue weighted by atomic mass is 16.6. The molecule has 0 aliphatic carbocycles. The lowest BCUT2D eigenvalue weighted by Gasteiger charge is -2.57. The molecule has 0 atom stereocenters. The smallest absolute Gasteiger partial charge is 0.306 e. The Kier molecular flexibility index (Phi) is 7.74. The molecule has 28 heavy (non-hydrogen) atoms. The van der Waals surface area contributed by atoms with Crippen LogP contribution in [0.4, 0.5) is 0 Å². The maximum atomic E-state index is 12.0. The van der Waals surface area contributed by atoms with Crippen LogP contribution >= 0.6 is 0 Å². The van der Waals surface area contributed by atoms with Crippen LogP contribution in [0.15, 0.2) is 0 Å². The second kappa shape index (κ2) is 8.70. The molecule has 0 bridgehead atoms. The maximum Gasteiger partial charge on any atom is 0.306 e. The van der Waals surface area contributed by atoms with Gasteiger partial charge in [0.1, 0.15) is 12.2 Å². The Morgan fingerprint density at radius 3 is 1.86 bits per heavy atom. The van der Waals surface area contributed by atoms with Crippen molar-refractivity contribution in [2.45, 2.75) is 110 Å². The van der Waals surface area contributed by atoms with Crippen LogP contribution < -0.4 is 0 Å². The molecule has 1 fully saturated rings. The summed E-state index contributed by atoms with van der Waals surface area (Å²) in [6.45, 7) is 18.8. The van der Waals surface area contributed by atoms with Gasteiger partial charge < -0.3 is 14.6 Å². The monoisotopic (exact) mass is 399 g/mol. The third kappa shape index (κ3) is 7.70. The first-order chi connectivity index (χ1) is 12.4. The number of nitrogens with zero attached hydrogens (tertiary/aromatic N) is 1. The van der Waals surface area contributed by atoms with Crippen molar-refractivity contribution in [1.29, 1.82) is 0 Å². The molecular weight excluding hydrogens is 358 g/mol. The van der Waals surface area contributed by atoms with E-state index in [0.717, 1.165) is 12.8 Å². The van der Waals surface area contributed by atoms with Crippen molar-refractivity contribution in [2.24, 2.45) is 5.92 Å².